The fourth-order valence-corrected chi connectivity index (χ4v) is 3.50. The minimum atomic E-state index is 0.129. The zero-order valence-corrected chi connectivity index (χ0v) is 13.5. The predicted molar refractivity (Wildman–Crippen MR) is 94.4 cm³/mol. The standard InChI is InChI=1S/C19H19NOS/c1-2-3-12-20-16-10-6-4-8-14(16)13-18-19(21)15-9-5-7-11-17(15)22-18/h4-11,13,20H,2-3,12H2,1H3. The summed E-state index contributed by atoms with van der Waals surface area (Å²) in [4.78, 5) is 14.3. The average Bonchev–Trinajstić information content (AvgIpc) is 2.86. The Morgan fingerprint density at radius 2 is 1.86 bits per heavy atom. The highest BCUT2D eigenvalue weighted by atomic mass is 32.2. The Kier molecular flexibility index (Phi) is 4.64. The van der Waals surface area contributed by atoms with E-state index < -0.39 is 0 Å². The number of anilines is 1. The smallest absolute Gasteiger partial charge is 0.200 e. The lowest BCUT2D eigenvalue weighted by atomic mass is 10.1. The molecule has 22 heavy (non-hydrogen) atoms. The molecule has 1 heterocycles. The average molecular weight is 309 g/mol. The molecule has 0 spiro atoms. The van der Waals surface area contributed by atoms with Crippen molar-refractivity contribution in [1.82, 2.24) is 0 Å². The number of unbranched alkanes of at least 4 members (excludes halogenated alkanes) is 1. The summed E-state index contributed by atoms with van der Waals surface area (Å²) in [6.45, 7) is 3.14. The number of thioether (sulfide) groups is 1. The van der Waals surface area contributed by atoms with Gasteiger partial charge >= 0.3 is 0 Å². The molecule has 3 rings (SSSR count). The van der Waals surface area contributed by atoms with Gasteiger partial charge in [-0.15, -0.1) is 0 Å². The molecular weight excluding hydrogens is 290 g/mol. The number of Topliss-reactive ketones (excluding diaryl/α,β-unsaturated/α-hetero) is 1. The summed E-state index contributed by atoms with van der Waals surface area (Å²) in [6.07, 6.45) is 4.31. The molecule has 0 saturated heterocycles. The van der Waals surface area contributed by atoms with Crippen molar-refractivity contribution in [3.63, 3.8) is 0 Å². The fraction of sp³-hybridized carbons (Fsp3) is 0.211. The van der Waals surface area contributed by atoms with Crippen LogP contribution in [0.5, 0.6) is 0 Å². The molecule has 0 aromatic heterocycles. The first-order chi connectivity index (χ1) is 10.8. The molecule has 0 fully saturated rings. The molecule has 2 aromatic carbocycles. The van der Waals surface area contributed by atoms with Crippen molar-refractivity contribution in [2.45, 2.75) is 24.7 Å². The molecule has 112 valence electrons. The zero-order chi connectivity index (χ0) is 15.4. The molecule has 0 bridgehead atoms. The van der Waals surface area contributed by atoms with Crippen molar-refractivity contribution in [2.75, 3.05) is 11.9 Å². The van der Waals surface area contributed by atoms with Gasteiger partial charge in [0.1, 0.15) is 0 Å². The second kappa shape index (κ2) is 6.84. The molecule has 3 heteroatoms. The lowest BCUT2D eigenvalue weighted by molar-refractivity contribution is 0.104. The largest absolute Gasteiger partial charge is 0.385 e. The minimum absolute atomic E-state index is 0.129. The summed E-state index contributed by atoms with van der Waals surface area (Å²) in [5, 5.41) is 3.46. The third-order valence-electron chi connectivity index (χ3n) is 3.67. The zero-order valence-electron chi connectivity index (χ0n) is 12.6. The van der Waals surface area contributed by atoms with Gasteiger partial charge in [0.25, 0.3) is 0 Å². The maximum atomic E-state index is 12.5. The van der Waals surface area contributed by atoms with E-state index in [1.165, 1.54) is 6.42 Å². The Labute approximate surface area is 135 Å². The number of allylic oxidation sites excluding steroid dienone is 1. The molecule has 1 N–H and O–H groups in total. The lowest BCUT2D eigenvalue weighted by Gasteiger charge is -2.09. The van der Waals surface area contributed by atoms with Crippen LogP contribution in [0.4, 0.5) is 5.69 Å². The molecule has 0 saturated carbocycles. The normalized spacial score (nSPS) is 15.1. The van der Waals surface area contributed by atoms with Gasteiger partial charge in [0, 0.05) is 22.7 Å². The van der Waals surface area contributed by atoms with Crippen LogP contribution in [0.3, 0.4) is 0 Å². The summed E-state index contributed by atoms with van der Waals surface area (Å²) in [5.74, 6) is 0.129. The quantitative estimate of drug-likeness (QED) is 0.606. The Hall–Kier alpha value is -2.00. The minimum Gasteiger partial charge on any atom is -0.385 e. The van der Waals surface area contributed by atoms with Crippen LogP contribution in [0.15, 0.2) is 58.3 Å². The molecule has 0 unspecified atom stereocenters. The number of benzene rings is 2. The molecule has 0 atom stereocenters. The predicted octanol–water partition coefficient (Wildman–Crippen LogP) is 5.23. The van der Waals surface area contributed by atoms with Gasteiger partial charge in [-0.2, -0.15) is 0 Å². The maximum Gasteiger partial charge on any atom is 0.200 e. The van der Waals surface area contributed by atoms with Gasteiger partial charge in [0.05, 0.1) is 4.91 Å². The second-order valence-electron chi connectivity index (χ2n) is 5.30. The Morgan fingerprint density at radius 1 is 1.09 bits per heavy atom. The molecule has 2 nitrogen and oxygen atoms in total. The number of hydrogen-bond acceptors (Lipinski definition) is 3. The van der Waals surface area contributed by atoms with Crippen LogP contribution < -0.4 is 5.32 Å². The van der Waals surface area contributed by atoms with E-state index in [-0.39, 0.29) is 5.78 Å². The van der Waals surface area contributed by atoms with Crippen LogP contribution in [-0.4, -0.2) is 12.3 Å². The van der Waals surface area contributed by atoms with Gasteiger partial charge in [-0.1, -0.05) is 55.4 Å². The van der Waals surface area contributed by atoms with Gasteiger partial charge in [0.15, 0.2) is 0 Å². The van der Waals surface area contributed by atoms with E-state index in [1.54, 1.807) is 11.8 Å². The third-order valence-corrected chi connectivity index (χ3v) is 4.77. The van der Waals surface area contributed by atoms with Gasteiger partial charge in [-0.25, -0.2) is 0 Å². The second-order valence-corrected chi connectivity index (χ2v) is 6.39. The maximum absolute atomic E-state index is 12.5. The van der Waals surface area contributed by atoms with E-state index >= 15 is 0 Å². The van der Waals surface area contributed by atoms with E-state index in [9.17, 15) is 4.79 Å². The first-order valence-corrected chi connectivity index (χ1v) is 8.47. The number of ketones is 1. The number of fused-ring (bicyclic) bond motifs is 1. The lowest BCUT2D eigenvalue weighted by Crippen LogP contribution is -2.02. The SMILES string of the molecule is CCCCNc1ccccc1C=C1Sc2ccccc2C1=O. The van der Waals surface area contributed by atoms with Crippen LogP contribution in [-0.2, 0) is 0 Å². The molecule has 0 radical (unpaired) electrons. The number of carbonyl (C=O) groups excluding carboxylic acids is 1. The van der Waals surface area contributed by atoms with Crippen molar-refractivity contribution in [1.29, 1.82) is 0 Å². The van der Waals surface area contributed by atoms with E-state index in [4.69, 9.17) is 0 Å². The fourth-order valence-electron chi connectivity index (χ4n) is 2.46. The van der Waals surface area contributed by atoms with Crippen molar-refractivity contribution >= 4 is 29.3 Å². The van der Waals surface area contributed by atoms with Gasteiger partial charge in [-0.3, -0.25) is 4.79 Å². The summed E-state index contributed by atoms with van der Waals surface area (Å²) in [5.41, 5.74) is 2.98. The molecule has 2 aromatic rings. The number of carbonyl (C=O) groups is 1. The Balaban J connectivity index is 1.86. The summed E-state index contributed by atoms with van der Waals surface area (Å²) in [6, 6.07) is 15.9. The molecule has 0 aliphatic carbocycles. The van der Waals surface area contributed by atoms with Crippen LogP contribution in [0, 0.1) is 0 Å². The highest BCUT2D eigenvalue weighted by Gasteiger charge is 2.25. The highest BCUT2D eigenvalue weighted by molar-refractivity contribution is 8.04. The van der Waals surface area contributed by atoms with Crippen molar-refractivity contribution in [2.24, 2.45) is 0 Å². The number of para-hydroxylation sites is 1. The van der Waals surface area contributed by atoms with Gasteiger partial charge < -0.3 is 5.32 Å². The first-order valence-electron chi connectivity index (χ1n) is 7.66. The van der Waals surface area contributed by atoms with Crippen LogP contribution >= 0.6 is 11.8 Å². The van der Waals surface area contributed by atoms with E-state index in [0.29, 0.717) is 0 Å². The topological polar surface area (TPSA) is 29.1 Å². The third kappa shape index (κ3) is 3.09. The van der Waals surface area contributed by atoms with E-state index in [0.717, 1.165) is 39.6 Å². The van der Waals surface area contributed by atoms with E-state index in [1.807, 2.05) is 42.5 Å². The number of hydrogen-bond donors (Lipinski definition) is 1. The van der Waals surface area contributed by atoms with Gasteiger partial charge in [-0.05, 0) is 36.3 Å². The van der Waals surface area contributed by atoms with Crippen LogP contribution in [0.25, 0.3) is 6.08 Å². The van der Waals surface area contributed by atoms with Crippen LogP contribution in [0.2, 0.25) is 0 Å². The molecule has 1 aliphatic rings. The summed E-state index contributed by atoms with van der Waals surface area (Å²) >= 11 is 1.56. The molecule has 1 aliphatic heterocycles. The summed E-state index contributed by atoms with van der Waals surface area (Å²) < 4.78 is 0. The van der Waals surface area contributed by atoms with Crippen LogP contribution in [0.1, 0.15) is 35.7 Å². The first kappa shape index (κ1) is 14.9. The monoisotopic (exact) mass is 309 g/mol. The summed E-state index contributed by atoms with van der Waals surface area (Å²) in [7, 11) is 0. The van der Waals surface area contributed by atoms with Gasteiger partial charge in [0.2, 0.25) is 5.78 Å². The number of nitrogens with one attached hydrogen (secondary N) is 1. The van der Waals surface area contributed by atoms with Crippen molar-refractivity contribution in [3.8, 4) is 0 Å². The Bertz CT molecular complexity index is 721. The highest BCUT2D eigenvalue weighted by Crippen LogP contribution is 2.41. The molecular formula is C19H19NOS. The van der Waals surface area contributed by atoms with E-state index in [2.05, 4.69) is 24.4 Å². The van der Waals surface area contributed by atoms with Crippen molar-refractivity contribution in [3.05, 3.63) is 64.6 Å². The molecule has 0 amide bonds. The Morgan fingerprint density at radius 3 is 2.68 bits per heavy atom. The number of rotatable bonds is 5. The van der Waals surface area contributed by atoms with Crippen molar-refractivity contribution < 1.29 is 4.79 Å².